The monoisotopic (exact) mass is 449 g/mol. The van der Waals surface area contributed by atoms with Gasteiger partial charge in [-0.3, -0.25) is 9.69 Å². The predicted octanol–water partition coefficient (Wildman–Crippen LogP) is 3.90. The van der Waals surface area contributed by atoms with Gasteiger partial charge in [-0.25, -0.2) is 9.97 Å². The normalized spacial score (nSPS) is 18.7. The molecule has 7 heteroatoms. The van der Waals surface area contributed by atoms with E-state index in [-0.39, 0.29) is 11.9 Å². The molecule has 3 heterocycles. The SMILES string of the molecule is Cc1nc(C2CC2)nc2sc(C(=O)NC(CN3CCN(C)CC3)c3ccccc3)c(C)c12. The molecule has 0 radical (unpaired) electrons. The van der Waals surface area contributed by atoms with Gasteiger partial charge in [0.2, 0.25) is 0 Å². The molecule has 168 valence electrons. The molecule has 1 unspecified atom stereocenters. The molecule has 3 aromatic rings. The molecular formula is C25H31N5OS. The third-order valence-corrected chi connectivity index (χ3v) is 7.87. The summed E-state index contributed by atoms with van der Waals surface area (Å²) < 4.78 is 0. The quantitative estimate of drug-likeness (QED) is 0.618. The molecule has 1 saturated heterocycles. The lowest BCUT2D eigenvalue weighted by atomic mass is 10.1. The number of nitrogens with zero attached hydrogens (tertiary/aromatic N) is 4. The topological polar surface area (TPSA) is 61.4 Å². The molecule has 0 spiro atoms. The van der Waals surface area contributed by atoms with Gasteiger partial charge in [0, 0.05) is 44.0 Å². The van der Waals surface area contributed by atoms with Crippen LogP contribution in [0.1, 0.15) is 57.1 Å². The maximum atomic E-state index is 13.5. The summed E-state index contributed by atoms with van der Waals surface area (Å²) in [5.41, 5.74) is 3.13. The van der Waals surface area contributed by atoms with Crippen LogP contribution < -0.4 is 5.32 Å². The molecule has 2 fully saturated rings. The highest BCUT2D eigenvalue weighted by atomic mass is 32.1. The Morgan fingerprint density at radius 3 is 2.53 bits per heavy atom. The first-order valence-electron chi connectivity index (χ1n) is 11.5. The van der Waals surface area contributed by atoms with E-state index in [1.165, 1.54) is 24.2 Å². The first-order valence-corrected chi connectivity index (χ1v) is 12.4. The Bertz CT molecular complexity index is 1120. The van der Waals surface area contributed by atoms with Gasteiger partial charge in [-0.1, -0.05) is 30.3 Å². The van der Waals surface area contributed by atoms with Crippen molar-refractivity contribution >= 4 is 27.5 Å². The standard InChI is InChI=1S/C25H31N5OS/c1-16-21-17(2)26-23(19-9-10-19)28-25(21)32-22(16)24(31)27-20(18-7-5-4-6-8-18)15-30-13-11-29(3)12-14-30/h4-8,19-20H,9-15H2,1-3H3,(H,27,31). The van der Waals surface area contributed by atoms with Crippen LogP contribution in [0.4, 0.5) is 0 Å². The van der Waals surface area contributed by atoms with Crippen molar-refractivity contribution in [1.82, 2.24) is 25.1 Å². The minimum absolute atomic E-state index is 0.0131. The summed E-state index contributed by atoms with van der Waals surface area (Å²) in [4.78, 5) is 29.5. The number of hydrogen-bond donors (Lipinski definition) is 1. The number of nitrogens with one attached hydrogen (secondary N) is 1. The van der Waals surface area contributed by atoms with Crippen molar-refractivity contribution in [2.24, 2.45) is 0 Å². The van der Waals surface area contributed by atoms with E-state index in [1.54, 1.807) is 0 Å². The number of carbonyl (C=O) groups excluding carboxylic acids is 1. The van der Waals surface area contributed by atoms with Gasteiger partial charge < -0.3 is 10.2 Å². The molecule has 1 amide bonds. The number of likely N-dealkylation sites (N-methyl/N-ethyl adjacent to an activating group) is 1. The second kappa shape index (κ2) is 8.89. The first kappa shape index (κ1) is 21.5. The van der Waals surface area contributed by atoms with Gasteiger partial charge in [-0.05, 0) is 44.9 Å². The number of amides is 1. The molecule has 1 aliphatic carbocycles. The largest absolute Gasteiger partial charge is 0.343 e. The van der Waals surface area contributed by atoms with Crippen LogP contribution in [0.25, 0.3) is 10.2 Å². The van der Waals surface area contributed by atoms with E-state index in [0.717, 1.165) is 70.5 Å². The highest BCUT2D eigenvalue weighted by Gasteiger charge is 2.29. The van der Waals surface area contributed by atoms with Gasteiger partial charge in [-0.15, -0.1) is 11.3 Å². The zero-order chi connectivity index (χ0) is 22.2. The Morgan fingerprint density at radius 1 is 1.12 bits per heavy atom. The maximum Gasteiger partial charge on any atom is 0.262 e. The fourth-order valence-electron chi connectivity index (χ4n) is 4.53. The zero-order valence-corrected chi connectivity index (χ0v) is 19.9. The van der Waals surface area contributed by atoms with Crippen LogP contribution in [-0.2, 0) is 0 Å². The molecule has 1 atom stereocenters. The maximum absolute atomic E-state index is 13.5. The Morgan fingerprint density at radius 2 is 1.84 bits per heavy atom. The van der Waals surface area contributed by atoms with Gasteiger partial charge in [-0.2, -0.15) is 0 Å². The summed E-state index contributed by atoms with van der Waals surface area (Å²) in [5, 5.41) is 4.39. The molecule has 32 heavy (non-hydrogen) atoms. The molecule has 1 N–H and O–H groups in total. The second-order valence-corrected chi connectivity index (χ2v) is 10.2. The molecule has 1 saturated carbocycles. The predicted molar refractivity (Wildman–Crippen MR) is 129 cm³/mol. The van der Waals surface area contributed by atoms with Crippen LogP contribution in [-0.4, -0.2) is 65.4 Å². The third kappa shape index (κ3) is 4.42. The lowest BCUT2D eigenvalue weighted by molar-refractivity contribution is 0.0911. The first-order chi connectivity index (χ1) is 15.5. The van der Waals surface area contributed by atoms with Crippen molar-refractivity contribution < 1.29 is 4.79 Å². The number of aryl methyl sites for hydroxylation is 2. The van der Waals surface area contributed by atoms with E-state index in [1.807, 2.05) is 32.0 Å². The minimum atomic E-state index is -0.0501. The van der Waals surface area contributed by atoms with E-state index >= 15 is 0 Å². The summed E-state index contributed by atoms with van der Waals surface area (Å²) in [6.45, 7) is 9.06. The number of rotatable bonds is 6. The average Bonchev–Trinajstić information content (AvgIpc) is 3.59. The van der Waals surface area contributed by atoms with E-state index in [4.69, 9.17) is 9.97 Å². The van der Waals surface area contributed by atoms with Crippen molar-refractivity contribution in [3.8, 4) is 0 Å². The molecular weight excluding hydrogens is 418 g/mol. The van der Waals surface area contributed by atoms with Crippen LogP contribution in [0.3, 0.4) is 0 Å². The van der Waals surface area contributed by atoms with Gasteiger partial charge in [0.15, 0.2) is 0 Å². The smallest absolute Gasteiger partial charge is 0.262 e. The highest BCUT2D eigenvalue weighted by molar-refractivity contribution is 7.20. The number of aromatic nitrogens is 2. The third-order valence-electron chi connectivity index (χ3n) is 6.68. The van der Waals surface area contributed by atoms with Gasteiger partial charge in [0.05, 0.1) is 16.6 Å². The van der Waals surface area contributed by atoms with E-state index < -0.39 is 0 Å². The van der Waals surface area contributed by atoms with Crippen molar-refractivity contribution in [2.75, 3.05) is 39.8 Å². The number of hydrogen-bond acceptors (Lipinski definition) is 6. The molecule has 5 rings (SSSR count). The van der Waals surface area contributed by atoms with Gasteiger partial charge >= 0.3 is 0 Å². The number of carbonyl (C=O) groups is 1. The lowest BCUT2D eigenvalue weighted by Gasteiger charge is -2.35. The number of fused-ring (bicyclic) bond motifs is 1. The highest BCUT2D eigenvalue weighted by Crippen LogP contribution is 2.40. The summed E-state index contributed by atoms with van der Waals surface area (Å²) in [6.07, 6.45) is 2.35. The Kier molecular flexibility index (Phi) is 5.97. The van der Waals surface area contributed by atoms with Crippen LogP contribution in [0.15, 0.2) is 30.3 Å². The Balaban J connectivity index is 1.41. The number of benzene rings is 1. The van der Waals surface area contributed by atoms with E-state index in [0.29, 0.717) is 5.92 Å². The van der Waals surface area contributed by atoms with Gasteiger partial charge in [0.25, 0.3) is 5.91 Å². The Hall–Kier alpha value is -2.35. The molecule has 1 aliphatic heterocycles. The van der Waals surface area contributed by atoms with E-state index in [9.17, 15) is 4.79 Å². The lowest BCUT2D eigenvalue weighted by Crippen LogP contribution is -2.47. The fraction of sp³-hybridized carbons (Fsp3) is 0.480. The molecule has 0 bridgehead atoms. The minimum Gasteiger partial charge on any atom is -0.343 e. The molecule has 2 aromatic heterocycles. The zero-order valence-electron chi connectivity index (χ0n) is 19.1. The summed E-state index contributed by atoms with van der Waals surface area (Å²) in [7, 11) is 2.16. The van der Waals surface area contributed by atoms with Gasteiger partial charge in [0.1, 0.15) is 10.7 Å². The summed E-state index contributed by atoms with van der Waals surface area (Å²) in [5.74, 6) is 1.44. The number of thiophene rings is 1. The number of piperazine rings is 1. The molecule has 2 aliphatic rings. The van der Waals surface area contributed by atoms with Crippen molar-refractivity contribution in [2.45, 2.75) is 38.6 Å². The Labute approximate surface area is 193 Å². The van der Waals surface area contributed by atoms with Crippen LogP contribution in [0.5, 0.6) is 0 Å². The van der Waals surface area contributed by atoms with Crippen molar-refractivity contribution in [3.63, 3.8) is 0 Å². The van der Waals surface area contributed by atoms with Crippen LogP contribution in [0.2, 0.25) is 0 Å². The van der Waals surface area contributed by atoms with Crippen molar-refractivity contribution in [1.29, 1.82) is 0 Å². The second-order valence-electron chi connectivity index (χ2n) is 9.22. The molecule has 6 nitrogen and oxygen atoms in total. The summed E-state index contributed by atoms with van der Waals surface area (Å²) in [6, 6.07) is 10.3. The van der Waals surface area contributed by atoms with Crippen LogP contribution in [0, 0.1) is 13.8 Å². The van der Waals surface area contributed by atoms with E-state index in [2.05, 4.69) is 34.3 Å². The molecule has 1 aromatic carbocycles. The van der Waals surface area contributed by atoms with Crippen molar-refractivity contribution in [3.05, 3.63) is 57.9 Å². The summed E-state index contributed by atoms with van der Waals surface area (Å²) >= 11 is 1.51. The average molecular weight is 450 g/mol. The fourth-order valence-corrected chi connectivity index (χ4v) is 5.67. The van der Waals surface area contributed by atoms with Crippen LogP contribution >= 0.6 is 11.3 Å².